The third kappa shape index (κ3) is 3.54. The fraction of sp³-hybridized carbons (Fsp3) is 0.526. The molecule has 2 aromatic rings. The molecule has 0 aromatic carbocycles. The molecule has 0 N–H and O–H groups in total. The van der Waals surface area contributed by atoms with E-state index in [4.69, 9.17) is 4.74 Å². The Morgan fingerprint density at radius 1 is 1.23 bits per heavy atom. The molecule has 1 spiro atoms. The fourth-order valence-electron chi connectivity index (χ4n) is 4.32. The molecule has 2 saturated heterocycles. The number of anilines is 1. The summed E-state index contributed by atoms with van der Waals surface area (Å²) in [5, 5.41) is 0. The van der Waals surface area contributed by atoms with E-state index >= 15 is 0 Å². The summed E-state index contributed by atoms with van der Waals surface area (Å²) in [7, 11) is 2.16. The third-order valence-corrected chi connectivity index (χ3v) is 5.55. The lowest BCUT2D eigenvalue weighted by atomic mass is 9.77. The molecule has 2 fully saturated rings. The summed E-state index contributed by atoms with van der Waals surface area (Å²) in [6, 6.07) is 5.88. The molecule has 4 rings (SSSR count). The second kappa shape index (κ2) is 7.25. The van der Waals surface area contributed by atoms with Crippen LogP contribution in [0.5, 0.6) is 0 Å². The highest BCUT2D eigenvalue weighted by atomic mass is 19.1. The molecule has 6 nitrogen and oxygen atoms in total. The van der Waals surface area contributed by atoms with Crippen LogP contribution in [-0.2, 0) is 11.3 Å². The molecule has 2 aliphatic heterocycles. The minimum Gasteiger partial charge on any atom is -0.375 e. The van der Waals surface area contributed by atoms with Crippen molar-refractivity contribution in [2.24, 2.45) is 11.3 Å². The Kier molecular flexibility index (Phi) is 4.82. The zero-order valence-corrected chi connectivity index (χ0v) is 15.0. The van der Waals surface area contributed by atoms with Crippen molar-refractivity contribution in [1.82, 2.24) is 19.9 Å². The SMILES string of the molecule is CN1C[C@H](COCc2ccccn2)[C@]2(CCN(c3ncc(F)cn3)C2)C1. The van der Waals surface area contributed by atoms with Gasteiger partial charge in [0, 0.05) is 43.7 Å². The lowest BCUT2D eigenvalue weighted by Crippen LogP contribution is -2.36. The van der Waals surface area contributed by atoms with Gasteiger partial charge in [-0.25, -0.2) is 14.4 Å². The first-order valence-corrected chi connectivity index (χ1v) is 9.03. The first-order valence-electron chi connectivity index (χ1n) is 9.03. The molecule has 0 bridgehead atoms. The molecule has 0 amide bonds. The highest BCUT2D eigenvalue weighted by molar-refractivity contribution is 5.32. The van der Waals surface area contributed by atoms with Crippen molar-refractivity contribution in [3.8, 4) is 0 Å². The van der Waals surface area contributed by atoms with E-state index in [1.165, 1.54) is 12.4 Å². The van der Waals surface area contributed by atoms with Gasteiger partial charge in [0.25, 0.3) is 0 Å². The zero-order valence-electron chi connectivity index (χ0n) is 15.0. The smallest absolute Gasteiger partial charge is 0.225 e. The van der Waals surface area contributed by atoms with E-state index in [2.05, 4.69) is 31.8 Å². The molecule has 0 saturated carbocycles. The maximum atomic E-state index is 13.1. The number of ether oxygens (including phenoxy) is 1. The standard InChI is InChI=1S/C19H24FN5O/c1-24-10-15(11-26-12-17-4-2-3-6-21-17)19(13-24)5-7-25(14-19)18-22-8-16(20)9-23-18/h2-4,6,8-9,15H,5,7,10-14H2,1H3/t15-,19-/m1/s1. The fourth-order valence-corrected chi connectivity index (χ4v) is 4.32. The van der Waals surface area contributed by atoms with Crippen LogP contribution in [0.1, 0.15) is 12.1 Å². The molecule has 4 heterocycles. The molecule has 7 heteroatoms. The topological polar surface area (TPSA) is 54.4 Å². The van der Waals surface area contributed by atoms with Crippen LogP contribution in [0.2, 0.25) is 0 Å². The van der Waals surface area contributed by atoms with Gasteiger partial charge in [0.2, 0.25) is 5.95 Å². The maximum absolute atomic E-state index is 13.1. The Morgan fingerprint density at radius 3 is 2.85 bits per heavy atom. The number of pyridine rings is 1. The van der Waals surface area contributed by atoms with Crippen LogP contribution in [0.25, 0.3) is 0 Å². The Labute approximate surface area is 153 Å². The van der Waals surface area contributed by atoms with Gasteiger partial charge in [-0.3, -0.25) is 4.98 Å². The summed E-state index contributed by atoms with van der Waals surface area (Å²) in [6.07, 6.45) is 5.35. The number of rotatable bonds is 5. The van der Waals surface area contributed by atoms with Gasteiger partial charge in [0.1, 0.15) is 0 Å². The van der Waals surface area contributed by atoms with Gasteiger partial charge in [-0.15, -0.1) is 0 Å². The molecule has 0 unspecified atom stereocenters. The Balaban J connectivity index is 1.40. The molecule has 2 aromatic heterocycles. The van der Waals surface area contributed by atoms with Crippen LogP contribution in [0.4, 0.5) is 10.3 Å². The van der Waals surface area contributed by atoms with Gasteiger partial charge in [-0.2, -0.15) is 0 Å². The molecular weight excluding hydrogens is 333 g/mol. The molecular formula is C19H24FN5O. The highest BCUT2D eigenvalue weighted by Gasteiger charge is 2.50. The van der Waals surface area contributed by atoms with Gasteiger partial charge in [0.15, 0.2) is 5.82 Å². The van der Waals surface area contributed by atoms with Crippen LogP contribution in [-0.4, -0.2) is 59.7 Å². The van der Waals surface area contributed by atoms with E-state index in [0.717, 1.165) is 44.9 Å². The number of likely N-dealkylation sites (tertiary alicyclic amines) is 1. The predicted molar refractivity (Wildman–Crippen MR) is 96.1 cm³/mol. The minimum absolute atomic E-state index is 0.177. The zero-order chi connectivity index (χ0) is 18.0. The van der Waals surface area contributed by atoms with Crippen molar-refractivity contribution < 1.29 is 9.13 Å². The summed E-state index contributed by atoms with van der Waals surface area (Å²) in [6.45, 7) is 5.13. The van der Waals surface area contributed by atoms with Gasteiger partial charge >= 0.3 is 0 Å². The summed E-state index contributed by atoms with van der Waals surface area (Å²) < 4.78 is 19.1. The normalized spacial score (nSPS) is 26.1. The summed E-state index contributed by atoms with van der Waals surface area (Å²) in [4.78, 5) is 17.2. The monoisotopic (exact) mass is 357 g/mol. The van der Waals surface area contributed by atoms with Gasteiger partial charge < -0.3 is 14.5 Å². The summed E-state index contributed by atoms with van der Waals surface area (Å²) in [5.74, 6) is 0.678. The number of halogens is 1. The van der Waals surface area contributed by atoms with Crippen LogP contribution >= 0.6 is 0 Å². The number of hydrogen-bond donors (Lipinski definition) is 0. The second-order valence-electron chi connectivity index (χ2n) is 7.47. The van der Waals surface area contributed by atoms with E-state index in [1.807, 2.05) is 18.2 Å². The van der Waals surface area contributed by atoms with Crippen molar-refractivity contribution in [2.45, 2.75) is 13.0 Å². The summed E-state index contributed by atoms with van der Waals surface area (Å²) >= 11 is 0. The lowest BCUT2D eigenvalue weighted by Gasteiger charge is -2.30. The van der Waals surface area contributed by atoms with Crippen molar-refractivity contribution in [1.29, 1.82) is 0 Å². The molecule has 2 aliphatic rings. The molecule has 0 aliphatic carbocycles. The average Bonchev–Trinajstić information content (AvgIpc) is 3.20. The Bertz CT molecular complexity index is 728. The number of aromatic nitrogens is 3. The van der Waals surface area contributed by atoms with Crippen molar-refractivity contribution in [2.75, 3.05) is 44.7 Å². The Hall–Kier alpha value is -2.12. The van der Waals surface area contributed by atoms with Gasteiger partial charge in [-0.05, 0) is 25.6 Å². The maximum Gasteiger partial charge on any atom is 0.225 e. The molecule has 26 heavy (non-hydrogen) atoms. The van der Waals surface area contributed by atoms with Gasteiger partial charge in [-0.1, -0.05) is 6.07 Å². The van der Waals surface area contributed by atoms with Crippen LogP contribution in [0.15, 0.2) is 36.8 Å². The van der Waals surface area contributed by atoms with E-state index in [0.29, 0.717) is 18.5 Å². The first kappa shape index (κ1) is 17.3. The number of hydrogen-bond acceptors (Lipinski definition) is 6. The van der Waals surface area contributed by atoms with Crippen molar-refractivity contribution in [3.63, 3.8) is 0 Å². The third-order valence-electron chi connectivity index (χ3n) is 5.55. The van der Waals surface area contributed by atoms with Crippen molar-refractivity contribution in [3.05, 3.63) is 48.3 Å². The van der Waals surface area contributed by atoms with Crippen LogP contribution in [0, 0.1) is 17.2 Å². The van der Waals surface area contributed by atoms with Crippen molar-refractivity contribution >= 4 is 5.95 Å². The molecule has 2 atom stereocenters. The van der Waals surface area contributed by atoms with E-state index in [1.54, 1.807) is 6.20 Å². The quantitative estimate of drug-likeness (QED) is 0.816. The second-order valence-corrected chi connectivity index (χ2v) is 7.47. The Morgan fingerprint density at radius 2 is 2.08 bits per heavy atom. The highest BCUT2D eigenvalue weighted by Crippen LogP contribution is 2.44. The molecule has 0 radical (unpaired) electrons. The molecule has 138 valence electrons. The van der Waals surface area contributed by atoms with E-state index in [9.17, 15) is 4.39 Å². The van der Waals surface area contributed by atoms with E-state index < -0.39 is 5.82 Å². The average molecular weight is 357 g/mol. The lowest BCUT2D eigenvalue weighted by molar-refractivity contribution is 0.0545. The predicted octanol–water partition coefficient (Wildman–Crippen LogP) is 1.99. The van der Waals surface area contributed by atoms with E-state index in [-0.39, 0.29) is 5.41 Å². The first-order chi connectivity index (χ1) is 12.6. The van der Waals surface area contributed by atoms with Gasteiger partial charge in [0.05, 0.1) is 31.3 Å². The van der Waals surface area contributed by atoms with Crippen LogP contribution < -0.4 is 4.90 Å². The van der Waals surface area contributed by atoms with Crippen LogP contribution in [0.3, 0.4) is 0 Å². The minimum atomic E-state index is -0.399. The largest absolute Gasteiger partial charge is 0.375 e. The summed E-state index contributed by atoms with van der Waals surface area (Å²) in [5.41, 5.74) is 1.14. The number of nitrogens with zero attached hydrogens (tertiary/aromatic N) is 5.